The minimum absolute atomic E-state index is 0.241. The summed E-state index contributed by atoms with van der Waals surface area (Å²) in [4.78, 5) is 0. The van der Waals surface area contributed by atoms with E-state index in [1.807, 2.05) is 0 Å². The molecule has 0 aliphatic carbocycles. The maximum absolute atomic E-state index is 12.3. The molecule has 0 atom stereocenters. The van der Waals surface area contributed by atoms with E-state index in [0.29, 0.717) is 16.2 Å². The lowest BCUT2D eigenvalue weighted by atomic mass is 10.7. The smallest absolute Gasteiger partial charge is 0.291 e. The lowest BCUT2D eigenvalue weighted by Gasteiger charge is -2.42. The number of rotatable bonds is 6. The van der Waals surface area contributed by atoms with Gasteiger partial charge in [0.2, 0.25) is 29.7 Å². The van der Waals surface area contributed by atoms with Gasteiger partial charge in [0.1, 0.15) is 0 Å². The van der Waals surface area contributed by atoms with Gasteiger partial charge in [-0.25, -0.2) is 25.3 Å². The van der Waals surface area contributed by atoms with E-state index in [1.165, 1.54) is 0 Å². The van der Waals surface area contributed by atoms with Gasteiger partial charge in [0, 0.05) is 22.9 Å². The molecule has 1 fully saturated rings. The molecule has 0 radical (unpaired) electrons. The average molecular weight is 357 g/mol. The molecule has 0 unspecified atom stereocenters. The number of nitrogens with zero attached hydrogens (tertiary/aromatic N) is 1. The minimum atomic E-state index is -4.64. The molecule has 1 aliphatic heterocycles. The molecular weight excluding hydrogens is 342 g/mol. The third-order valence-electron chi connectivity index (χ3n) is 2.75. The molecule has 0 saturated carbocycles. The van der Waals surface area contributed by atoms with Gasteiger partial charge in [0.05, 0.1) is 6.67 Å². The Hall–Kier alpha value is -1.05. The molecule has 21 heavy (non-hydrogen) atoms. The van der Waals surface area contributed by atoms with E-state index in [9.17, 15) is 25.3 Å². The van der Waals surface area contributed by atoms with Gasteiger partial charge in [-0.2, -0.15) is 0 Å². The molecule has 9 nitrogen and oxygen atoms in total. The molecule has 0 aromatic carbocycles. The fourth-order valence-corrected chi connectivity index (χ4v) is 7.24. The number of nitrogens with one attached hydrogen (secondary N) is 2. The number of hydrogen-bond donors (Lipinski definition) is 2. The average Bonchev–Trinajstić information content (AvgIpc) is 2.46. The summed E-state index contributed by atoms with van der Waals surface area (Å²) in [6, 6.07) is 0. The molecule has 0 bridgehead atoms. The summed E-state index contributed by atoms with van der Waals surface area (Å²) in [5, 5.41) is 5.89. The van der Waals surface area contributed by atoms with Crippen molar-refractivity contribution in [2.75, 3.05) is 13.3 Å². The van der Waals surface area contributed by atoms with Crippen LogP contribution in [-0.4, -0.2) is 47.2 Å². The maximum atomic E-state index is 12.3. The Kier molecular flexibility index (Phi) is 4.82. The van der Waals surface area contributed by atoms with Gasteiger partial charge < -0.3 is 0 Å². The molecule has 2 N–H and O–H groups in total. The SMILES string of the molecule is C=CS(=O)(=O)N1CNCNC1(S(=O)(=O)C=C)S(=O)(=O)C=C. The Morgan fingerprint density at radius 2 is 1.38 bits per heavy atom. The fraction of sp³-hybridized carbons (Fsp3) is 0.333. The van der Waals surface area contributed by atoms with Crippen LogP contribution in [0.15, 0.2) is 36.0 Å². The summed E-state index contributed by atoms with van der Waals surface area (Å²) in [6.45, 7) is 8.34. The molecule has 1 heterocycles. The number of sulfonamides is 1. The van der Waals surface area contributed by atoms with E-state index < -0.39 is 40.7 Å². The van der Waals surface area contributed by atoms with Gasteiger partial charge in [-0.3, -0.25) is 10.6 Å². The molecule has 1 saturated heterocycles. The molecule has 120 valence electrons. The highest BCUT2D eigenvalue weighted by molar-refractivity contribution is 8.13. The third-order valence-corrected chi connectivity index (χ3v) is 8.96. The number of sulfone groups is 2. The molecular formula is C9H15N3O6S3. The van der Waals surface area contributed by atoms with Gasteiger partial charge in [-0.15, -0.1) is 4.31 Å². The van der Waals surface area contributed by atoms with Crippen LogP contribution in [0.5, 0.6) is 0 Å². The van der Waals surface area contributed by atoms with Crippen LogP contribution in [0.4, 0.5) is 0 Å². The van der Waals surface area contributed by atoms with Crippen LogP contribution in [0.3, 0.4) is 0 Å². The van der Waals surface area contributed by atoms with Crippen LogP contribution >= 0.6 is 0 Å². The van der Waals surface area contributed by atoms with Crippen molar-refractivity contribution in [1.82, 2.24) is 14.9 Å². The van der Waals surface area contributed by atoms with Crippen molar-refractivity contribution in [2.45, 2.75) is 4.33 Å². The second kappa shape index (κ2) is 5.62. The monoisotopic (exact) mass is 357 g/mol. The van der Waals surface area contributed by atoms with Crippen molar-refractivity contribution >= 4 is 29.7 Å². The van der Waals surface area contributed by atoms with Crippen molar-refractivity contribution in [3.05, 3.63) is 36.0 Å². The Morgan fingerprint density at radius 1 is 0.905 bits per heavy atom. The van der Waals surface area contributed by atoms with E-state index in [2.05, 4.69) is 30.4 Å². The first kappa shape index (κ1) is 18.0. The van der Waals surface area contributed by atoms with Crippen molar-refractivity contribution in [2.24, 2.45) is 0 Å². The molecule has 0 aromatic rings. The Morgan fingerprint density at radius 3 is 1.76 bits per heavy atom. The van der Waals surface area contributed by atoms with Crippen molar-refractivity contribution in [1.29, 1.82) is 0 Å². The lowest BCUT2D eigenvalue weighted by molar-refractivity contribution is 0.230. The minimum Gasteiger partial charge on any atom is -0.291 e. The highest BCUT2D eigenvalue weighted by atomic mass is 32.3. The standard InChI is InChI=1S/C9H15N3O6S3/c1-4-19(13,14)9(20(15,16)5-2)11-7-10-8-12(9)21(17,18)6-3/h4-6,10-11H,1-3,7-8H2. The van der Waals surface area contributed by atoms with Crippen LogP contribution in [-0.2, 0) is 29.7 Å². The molecule has 0 amide bonds. The van der Waals surface area contributed by atoms with Crippen LogP contribution in [0.1, 0.15) is 0 Å². The highest BCUT2D eigenvalue weighted by Gasteiger charge is 2.61. The van der Waals surface area contributed by atoms with Gasteiger partial charge >= 0.3 is 4.33 Å². The Balaban J connectivity index is 3.90. The van der Waals surface area contributed by atoms with Crippen molar-refractivity contribution in [3.8, 4) is 0 Å². The lowest BCUT2D eigenvalue weighted by Crippen LogP contribution is -2.74. The molecule has 1 aliphatic rings. The van der Waals surface area contributed by atoms with E-state index >= 15 is 0 Å². The van der Waals surface area contributed by atoms with Gasteiger partial charge in [0.15, 0.2) is 0 Å². The van der Waals surface area contributed by atoms with Gasteiger partial charge in [-0.05, 0) is 0 Å². The van der Waals surface area contributed by atoms with Crippen molar-refractivity contribution in [3.63, 3.8) is 0 Å². The summed E-state index contributed by atoms with van der Waals surface area (Å²) < 4.78 is 70.5. The van der Waals surface area contributed by atoms with E-state index in [1.54, 1.807) is 0 Å². The second-order valence-corrected chi connectivity index (χ2v) is 9.92. The predicted octanol–water partition coefficient (Wildman–Crippen LogP) is -1.40. The van der Waals surface area contributed by atoms with Crippen LogP contribution in [0, 0.1) is 0 Å². The Labute approximate surface area is 123 Å². The van der Waals surface area contributed by atoms with Gasteiger partial charge in [0.25, 0.3) is 0 Å². The van der Waals surface area contributed by atoms with Crippen molar-refractivity contribution < 1.29 is 25.3 Å². The normalized spacial score (nSPS) is 20.6. The summed E-state index contributed by atoms with van der Waals surface area (Å²) in [5.41, 5.74) is 0. The first-order valence-electron chi connectivity index (χ1n) is 5.37. The number of hydrogen-bond acceptors (Lipinski definition) is 8. The zero-order valence-electron chi connectivity index (χ0n) is 10.9. The predicted molar refractivity (Wildman–Crippen MR) is 77.9 cm³/mol. The van der Waals surface area contributed by atoms with Gasteiger partial charge in [-0.1, -0.05) is 19.7 Å². The molecule has 1 rings (SSSR count). The van der Waals surface area contributed by atoms with E-state index in [4.69, 9.17) is 0 Å². The summed E-state index contributed by atoms with van der Waals surface area (Å²) in [6.07, 6.45) is 0. The quantitative estimate of drug-likeness (QED) is 0.593. The summed E-state index contributed by atoms with van der Waals surface area (Å²) in [7, 11) is -13.7. The van der Waals surface area contributed by atoms with E-state index in [0.717, 1.165) is 0 Å². The highest BCUT2D eigenvalue weighted by Crippen LogP contribution is 2.33. The zero-order chi connectivity index (χ0) is 16.5. The first-order valence-corrected chi connectivity index (χ1v) is 9.97. The topological polar surface area (TPSA) is 130 Å². The summed E-state index contributed by atoms with van der Waals surface area (Å²) >= 11 is 0. The fourth-order valence-electron chi connectivity index (χ4n) is 1.74. The Bertz CT molecular complexity index is 728. The van der Waals surface area contributed by atoms with Crippen LogP contribution in [0.2, 0.25) is 0 Å². The van der Waals surface area contributed by atoms with Crippen LogP contribution < -0.4 is 10.6 Å². The van der Waals surface area contributed by atoms with E-state index in [-0.39, 0.29) is 11.0 Å². The molecule has 12 heteroatoms. The summed E-state index contributed by atoms with van der Waals surface area (Å²) in [5.74, 6) is 0. The first-order chi connectivity index (χ1) is 9.52. The maximum Gasteiger partial charge on any atom is 0.302 e. The molecule has 0 spiro atoms. The third kappa shape index (κ3) is 2.58. The largest absolute Gasteiger partial charge is 0.302 e. The molecule has 0 aromatic heterocycles. The van der Waals surface area contributed by atoms with Crippen LogP contribution in [0.25, 0.3) is 0 Å². The zero-order valence-corrected chi connectivity index (χ0v) is 13.3. The second-order valence-electron chi connectivity index (χ2n) is 3.83.